The summed E-state index contributed by atoms with van der Waals surface area (Å²) in [7, 11) is 1.94. The van der Waals surface area contributed by atoms with Crippen molar-refractivity contribution in [1.82, 2.24) is 10.3 Å². The van der Waals surface area contributed by atoms with Gasteiger partial charge in [0.25, 0.3) is 0 Å². The van der Waals surface area contributed by atoms with Crippen LogP contribution < -0.4 is 5.32 Å². The highest BCUT2D eigenvalue weighted by Crippen LogP contribution is 2.23. The van der Waals surface area contributed by atoms with Gasteiger partial charge in [0.1, 0.15) is 5.01 Å². The zero-order valence-corrected chi connectivity index (χ0v) is 10.7. The molecule has 1 heterocycles. The van der Waals surface area contributed by atoms with E-state index in [4.69, 9.17) is 0 Å². The van der Waals surface area contributed by atoms with Gasteiger partial charge in [0.15, 0.2) is 0 Å². The third-order valence-electron chi connectivity index (χ3n) is 2.68. The van der Waals surface area contributed by atoms with Gasteiger partial charge in [-0.2, -0.15) is 0 Å². The lowest BCUT2D eigenvalue weighted by molar-refractivity contribution is 0.811. The van der Waals surface area contributed by atoms with Crippen molar-refractivity contribution in [3.8, 4) is 11.3 Å². The third kappa shape index (κ3) is 2.31. The van der Waals surface area contributed by atoms with Crippen LogP contribution in [0.5, 0.6) is 0 Å². The highest BCUT2D eigenvalue weighted by atomic mass is 32.1. The van der Waals surface area contributed by atoms with Gasteiger partial charge in [0.05, 0.1) is 5.69 Å². The first-order chi connectivity index (χ1) is 7.70. The molecule has 0 saturated carbocycles. The van der Waals surface area contributed by atoms with Crippen molar-refractivity contribution in [2.24, 2.45) is 0 Å². The number of rotatable bonds is 3. The van der Waals surface area contributed by atoms with Gasteiger partial charge in [-0.3, -0.25) is 0 Å². The van der Waals surface area contributed by atoms with E-state index < -0.39 is 0 Å². The maximum absolute atomic E-state index is 4.60. The molecule has 84 valence electrons. The van der Waals surface area contributed by atoms with Crippen LogP contribution in [-0.4, -0.2) is 12.0 Å². The van der Waals surface area contributed by atoms with Crippen LogP contribution >= 0.6 is 11.3 Å². The standard InChI is InChI=1S/C13H16N2S/c1-9-4-5-11(6-10(9)2)12-8-16-13(15-12)7-14-3/h4-6,8,14H,7H2,1-3H3. The monoisotopic (exact) mass is 232 g/mol. The van der Waals surface area contributed by atoms with E-state index in [1.165, 1.54) is 16.7 Å². The first-order valence-corrected chi connectivity index (χ1v) is 6.25. The first kappa shape index (κ1) is 11.3. The number of benzene rings is 1. The molecule has 0 radical (unpaired) electrons. The van der Waals surface area contributed by atoms with Crippen LogP contribution in [0.3, 0.4) is 0 Å². The Labute approximate surface area is 100 Å². The zero-order chi connectivity index (χ0) is 11.5. The molecular formula is C13H16N2S. The van der Waals surface area contributed by atoms with Crippen molar-refractivity contribution < 1.29 is 0 Å². The van der Waals surface area contributed by atoms with Crippen LogP contribution in [0.1, 0.15) is 16.1 Å². The number of nitrogens with zero attached hydrogens (tertiary/aromatic N) is 1. The molecule has 0 bridgehead atoms. The fourth-order valence-electron chi connectivity index (χ4n) is 1.58. The van der Waals surface area contributed by atoms with Gasteiger partial charge in [0.2, 0.25) is 0 Å². The molecule has 0 aliphatic carbocycles. The molecule has 0 fully saturated rings. The Morgan fingerprint density at radius 1 is 1.25 bits per heavy atom. The van der Waals surface area contributed by atoms with E-state index >= 15 is 0 Å². The second kappa shape index (κ2) is 4.76. The van der Waals surface area contributed by atoms with E-state index in [1.54, 1.807) is 11.3 Å². The van der Waals surface area contributed by atoms with Gasteiger partial charge >= 0.3 is 0 Å². The van der Waals surface area contributed by atoms with Crippen molar-refractivity contribution in [3.63, 3.8) is 0 Å². The van der Waals surface area contributed by atoms with Gasteiger partial charge in [-0.05, 0) is 38.1 Å². The normalized spacial score (nSPS) is 10.7. The Kier molecular flexibility index (Phi) is 3.36. The Morgan fingerprint density at radius 2 is 2.06 bits per heavy atom. The molecule has 16 heavy (non-hydrogen) atoms. The largest absolute Gasteiger partial charge is 0.314 e. The summed E-state index contributed by atoms with van der Waals surface area (Å²) in [6, 6.07) is 6.50. The highest BCUT2D eigenvalue weighted by molar-refractivity contribution is 7.09. The van der Waals surface area contributed by atoms with Crippen molar-refractivity contribution in [1.29, 1.82) is 0 Å². The molecule has 0 amide bonds. The molecule has 2 aromatic rings. The molecule has 0 unspecified atom stereocenters. The number of nitrogens with one attached hydrogen (secondary N) is 1. The third-order valence-corrected chi connectivity index (χ3v) is 3.53. The Balaban J connectivity index is 2.31. The summed E-state index contributed by atoms with van der Waals surface area (Å²) >= 11 is 1.71. The average Bonchev–Trinajstić information content (AvgIpc) is 2.71. The van der Waals surface area contributed by atoms with Gasteiger partial charge in [-0.15, -0.1) is 11.3 Å². The van der Waals surface area contributed by atoms with E-state index in [9.17, 15) is 0 Å². The fourth-order valence-corrected chi connectivity index (χ4v) is 2.39. The molecule has 2 rings (SSSR count). The maximum atomic E-state index is 4.60. The van der Waals surface area contributed by atoms with Crippen molar-refractivity contribution in [2.75, 3.05) is 7.05 Å². The van der Waals surface area contributed by atoms with Gasteiger partial charge < -0.3 is 5.32 Å². The quantitative estimate of drug-likeness (QED) is 0.879. The Morgan fingerprint density at radius 3 is 2.75 bits per heavy atom. The Hall–Kier alpha value is -1.19. The summed E-state index contributed by atoms with van der Waals surface area (Å²) < 4.78 is 0. The number of thiazole rings is 1. The highest BCUT2D eigenvalue weighted by Gasteiger charge is 2.04. The second-order valence-corrected chi connectivity index (χ2v) is 4.90. The summed E-state index contributed by atoms with van der Waals surface area (Å²) in [6.45, 7) is 5.11. The predicted molar refractivity (Wildman–Crippen MR) is 69.8 cm³/mol. The molecule has 1 N–H and O–H groups in total. The summed E-state index contributed by atoms with van der Waals surface area (Å²) in [4.78, 5) is 4.60. The molecule has 1 aromatic carbocycles. The molecule has 0 aliphatic heterocycles. The van der Waals surface area contributed by atoms with Crippen LogP contribution in [0, 0.1) is 13.8 Å². The molecule has 0 atom stereocenters. The number of hydrogen-bond acceptors (Lipinski definition) is 3. The SMILES string of the molecule is CNCc1nc(-c2ccc(C)c(C)c2)cs1. The van der Waals surface area contributed by atoms with E-state index in [0.717, 1.165) is 17.2 Å². The summed E-state index contributed by atoms with van der Waals surface area (Å²) in [5, 5.41) is 6.37. The van der Waals surface area contributed by atoms with E-state index in [-0.39, 0.29) is 0 Å². The molecule has 2 nitrogen and oxygen atoms in total. The zero-order valence-electron chi connectivity index (χ0n) is 9.87. The number of aryl methyl sites for hydroxylation is 2. The second-order valence-electron chi connectivity index (χ2n) is 3.96. The first-order valence-electron chi connectivity index (χ1n) is 5.37. The van der Waals surface area contributed by atoms with E-state index in [0.29, 0.717) is 0 Å². The van der Waals surface area contributed by atoms with Crippen molar-refractivity contribution >= 4 is 11.3 Å². The molecule has 0 saturated heterocycles. The van der Waals surface area contributed by atoms with E-state index in [1.807, 2.05) is 7.05 Å². The van der Waals surface area contributed by atoms with E-state index in [2.05, 4.69) is 47.7 Å². The van der Waals surface area contributed by atoms with Crippen LogP contribution in [0.2, 0.25) is 0 Å². The van der Waals surface area contributed by atoms with Crippen LogP contribution in [0.15, 0.2) is 23.6 Å². The number of hydrogen-bond donors (Lipinski definition) is 1. The number of aromatic nitrogens is 1. The van der Waals surface area contributed by atoms with Gasteiger partial charge in [0, 0.05) is 17.5 Å². The average molecular weight is 232 g/mol. The molecule has 0 spiro atoms. The van der Waals surface area contributed by atoms with Gasteiger partial charge in [-0.1, -0.05) is 12.1 Å². The molecule has 1 aromatic heterocycles. The minimum absolute atomic E-state index is 0.843. The van der Waals surface area contributed by atoms with Crippen molar-refractivity contribution in [3.05, 3.63) is 39.7 Å². The minimum atomic E-state index is 0.843. The Bertz CT molecular complexity index is 488. The predicted octanol–water partition coefficient (Wildman–Crippen LogP) is 3.15. The lowest BCUT2D eigenvalue weighted by Crippen LogP contribution is -2.04. The fraction of sp³-hybridized carbons (Fsp3) is 0.308. The summed E-state index contributed by atoms with van der Waals surface area (Å²) in [6.07, 6.45) is 0. The van der Waals surface area contributed by atoms with Crippen LogP contribution in [0.4, 0.5) is 0 Å². The topological polar surface area (TPSA) is 24.9 Å². The van der Waals surface area contributed by atoms with Crippen LogP contribution in [0.25, 0.3) is 11.3 Å². The maximum Gasteiger partial charge on any atom is 0.107 e. The molecule has 3 heteroatoms. The molecular weight excluding hydrogens is 216 g/mol. The van der Waals surface area contributed by atoms with Crippen molar-refractivity contribution in [2.45, 2.75) is 20.4 Å². The lowest BCUT2D eigenvalue weighted by atomic mass is 10.1. The molecule has 0 aliphatic rings. The van der Waals surface area contributed by atoms with Gasteiger partial charge in [-0.25, -0.2) is 4.98 Å². The lowest BCUT2D eigenvalue weighted by Gasteiger charge is -2.02. The smallest absolute Gasteiger partial charge is 0.107 e. The minimum Gasteiger partial charge on any atom is -0.314 e. The summed E-state index contributed by atoms with van der Waals surface area (Å²) in [5.74, 6) is 0. The van der Waals surface area contributed by atoms with Crippen LogP contribution in [-0.2, 0) is 6.54 Å². The summed E-state index contributed by atoms with van der Waals surface area (Å²) in [5.41, 5.74) is 4.94.